The summed E-state index contributed by atoms with van der Waals surface area (Å²) in [5.74, 6) is 1.07. The van der Waals surface area contributed by atoms with E-state index in [1.165, 1.54) is 6.07 Å². The minimum atomic E-state index is -0.157. The maximum Gasteiger partial charge on any atom is 0.128 e. The Bertz CT molecular complexity index is 372. The highest BCUT2D eigenvalue weighted by Crippen LogP contribution is 2.39. The fourth-order valence-corrected chi connectivity index (χ4v) is 3.11. The molecule has 2 rings (SSSR count). The summed E-state index contributed by atoms with van der Waals surface area (Å²) in [5, 5.41) is 3.96. The molecule has 0 saturated carbocycles. The first kappa shape index (κ1) is 12.8. The number of hydrogen-bond donors (Lipinski definition) is 1. The Morgan fingerprint density at radius 3 is 2.82 bits per heavy atom. The number of piperidine rings is 1. The zero-order valence-electron chi connectivity index (χ0n) is 10.3. The van der Waals surface area contributed by atoms with Crippen molar-refractivity contribution in [3.05, 3.63) is 34.6 Å². The lowest BCUT2D eigenvalue weighted by molar-refractivity contribution is 0.251. The first-order chi connectivity index (χ1) is 8.11. The fraction of sp³-hybridized carbons (Fsp3) is 0.571. The van der Waals surface area contributed by atoms with Crippen LogP contribution in [-0.2, 0) is 0 Å². The molecule has 0 amide bonds. The molecule has 1 fully saturated rings. The van der Waals surface area contributed by atoms with E-state index in [1.54, 1.807) is 12.1 Å². The highest BCUT2D eigenvalue weighted by molar-refractivity contribution is 6.31. The van der Waals surface area contributed by atoms with Gasteiger partial charge in [-0.25, -0.2) is 4.39 Å². The van der Waals surface area contributed by atoms with Crippen LogP contribution in [0.4, 0.5) is 4.39 Å². The quantitative estimate of drug-likeness (QED) is 0.847. The van der Waals surface area contributed by atoms with Crippen molar-refractivity contribution in [2.45, 2.75) is 26.2 Å². The molecule has 1 aliphatic rings. The van der Waals surface area contributed by atoms with Crippen LogP contribution in [0.1, 0.15) is 31.7 Å². The average molecular weight is 256 g/mol. The van der Waals surface area contributed by atoms with Crippen molar-refractivity contribution in [1.82, 2.24) is 5.32 Å². The summed E-state index contributed by atoms with van der Waals surface area (Å²) in [6, 6.07) is 4.98. The van der Waals surface area contributed by atoms with E-state index in [0.29, 0.717) is 16.9 Å². The summed E-state index contributed by atoms with van der Waals surface area (Å²) in [6.45, 7) is 6.28. The molecule has 2 atom stereocenters. The molecule has 0 aliphatic carbocycles. The van der Waals surface area contributed by atoms with E-state index in [-0.39, 0.29) is 11.7 Å². The van der Waals surface area contributed by atoms with Crippen molar-refractivity contribution in [1.29, 1.82) is 0 Å². The van der Waals surface area contributed by atoms with Gasteiger partial charge in [0.05, 0.1) is 0 Å². The number of hydrogen-bond acceptors (Lipinski definition) is 1. The van der Waals surface area contributed by atoms with Gasteiger partial charge in [0.25, 0.3) is 0 Å². The zero-order valence-corrected chi connectivity index (χ0v) is 11.1. The third-order valence-corrected chi connectivity index (χ3v) is 4.09. The average Bonchev–Trinajstić information content (AvgIpc) is 2.29. The molecule has 1 N–H and O–H groups in total. The normalized spacial score (nSPS) is 25.2. The van der Waals surface area contributed by atoms with Gasteiger partial charge in [0.15, 0.2) is 0 Å². The highest BCUT2D eigenvalue weighted by Gasteiger charge is 2.31. The Kier molecular flexibility index (Phi) is 4.05. The second kappa shape index (κ2) is 5.36. The van der Waals surface area contributed by atoms with E-state index < -0.39 is 0 Å². The molecular weight excluding hydrogens is 237 g/mol. The van der Waals surface area contributed by atoms with Gasteiger partial charge >= 0.3 is 0 Å². The molecule has 1 aromatic rings. The summed E-state index contributed by atoms with van der Waals surface area (Å²) >= 11 is 6.17. The molecule has 17 heavy (non-hydrogen) atoms. The topological polar surface area (TPSA) is 12.0 Å². The van der Waals surface area contributed by atoms with Crippen molar-refractivity contribution in [2.24, 2.45) is 11.8 Å². The van der Waals surface area contributed by atoms with Gasteiger partial charge in [-0.05, 0) is 49.4 Å². The summed E-state index contributed by atoms with van der Waals surface area (Å²) in [5.41, 5.74) is 0.717. The van der Waals surface area contributed by atoms with Crippen LogP contribution in [-0.4, -0.2) is 13.1 Å². The van der Waals surface area contributed by atoms with Crippen LogP contribution in [0.25, 0.3) is 0 Å². The molecule has 1 saturated heterocycles. The smallest absolute Gasteiger partial charge is 0.128 e. The monoisotopic (exact) mass is 255 g/mol. The van der Waals surface area contributed by atoms with Crippen LogP contribution in [0, 0.1) is 17.7 Å². The highest BCUT2D eigenvalue weighted by atomic mass is 35.5. The van der Waals surface area contributed by atoms with E-state index in [9.17, 15) is 4.39 Å². The predicted octanol–water partition coefficient (Wildman–Crippen LogP) is 3.83. The van der Waals surface area contributed by atoms with Crippen molar-refractivity contribution in [3.63, 3.8) is 0 Å². The second-order valence-electron chi connectivity index (χ2n) is 5.14. The molecule has 1 nitrogen and oxygen atoms in total. The first-order valence-corrected chi connectivity index (χ1v) is 6.63. The van der Waals surface area contributed by atoms with Gasteiger partial charge in [0.2, 0.25) is 0 Å². The summed E-state index contributed by atoms with van der Waals surface area (Å²) in [4.78, 5) is 0. The molecule has 94 valence electrons. The molecule has 0 bridgehead atoms. The van der Waals surface area contributed by atoms with Gasteiger partial charge < -0.3 is 5.32 Å². The third kappa shape index (κ3) is 2.63. The van der Waals surface area contributed by atoms with Crippen LogP contribution in [0.15, 0.2) is 18.2 Å². The zero-order chi connectivity index (χ0) is 12.4. The van der Waals surface area contributed by atoms with Crippen LogP contribution in [0.2, 0.25) is 5.02 Å². The summed E-state index contributed by atoms with van der Waals surface area (Å²) in [6.07, 6.45) is 0.962. The number of benzene rings is 1. The van der Waals surface area contributed by atoms with E-state index >= 15 is 0 Å². The Hall–Kier alpha value is -0.600. The van der Waals surface area contributed by atoms with Gasteiger partial charge in [-0.1, -0.05) is 31.5 Å². The fourth-order valence-electron chi connectivity index (χ4n) is 2.81. The van der Waals surface area contributed by atoms with Crippen LogP contribution in [0.3, 0.4) is 0 Å². The van der Waals surface area contributed by atoms with Gasteiger partial charge in [0.1, 0.15) is 5.82 Å². The second-order valence-corrected chi connectivity index (χ2v) is 5.55. The minimum Gasteiger partial charge on any atom is -0.316 e. The van der Waals surface area contributed by atoms with E-state index in [2.05, 4.69) is 19.2 Å². The van der Waals surface area contributed by atoms with Crippen molar-refractivity contribution >= 4 is 11.6 Å². The lowest BCUT2D eigenvalue weighted by Crippen LogP contribution is -2.38. The van der Waals surface area contributed by atoms with Gasteiger partial charge in [-0.2, -0.15) is 0 Å². The molecule has 2 unspecified atom stereocenters. The molecule has 0 aromatic heterocycles. The van der Waals surface area contributed by atoms with Gasteiger partial charge in [0, 0.05) is 10.6 Å². The standard InChI is InChI=1S/C14H19ClFN/c1-9(2)11-8-17-7-6-10(11)14-12(15)4-3-5-13(14)16/h3-5,9-11,17H,6-8H2,1-2H3. The molecule has 1 heterocycles. The maximum atomic E-state index is 14.0. The van der Waals surface area contributed by atoms with Crippen molar-refractivity contribution in [3.8, 4) is 0 Å². The molecule has 1 aliphatic heterocycles. The van der Waals surface area contributed by atoms with Gasteiger partial charge in [-0.3, -0.25) is 0 Å². The lowest BCUT2D eigenvalue weighted by Gasteiger charge is -2.35. The summed E-state index contributed by atoms with van der Waals surface area (Å²) < 4.78 is 14.0. The van der Waals surface area contributed by atoms with Crippen molar-refractivity contribution < 1.29 is 4.39 Å². The first-order valence-electron chi connectivity index (χ1n) is 6.26. The Labute approximate surface area is 107 Å². The van der Waals surface area contributed by atoms with Gasteiger partial charge in [-0.15, -0.1) is 0 Å². The summed E-state index contributed by atoms with van der Waals surface area (Å²) in [7, 11) is 0. The Morgan fingerprint density at radius 1 is 1.41 bits per heavy atom. The largest absolute Gasteiger partial charge is 0.316 e. The van der Waals surface area contributed by atoms with E-state index in [4.69, 9.17) is 11.6 Å². The number of nitrogens with one attached hydrogen (secondary N) is 1. The molecule has 3 heteroatoms. The Morgan fingerprint density at radius 2 is 2.18 bits per heavy atom. The number of halogens is 2. The maximum absolute atomic E-state index is 14.0. The molecule has 0 radical (unpaired) electrons. The molecule has 0 spiro atoms. The number of rotatable bonds is 2. The van der Waals surface area contributed by atoms with E-state index in [1.807, 2.05) is 0 Å². The van der Waals surface area contributed by atoms with Crippen LogP contribution in [0.5, 0.6) is 0 Å². The van der Waals surface area contributed by atoms with Crippen LogP contribution >= 0.6 is 11.6 Å². The van der Waals surface area contributed by atoms with E-state index in [0.717, 1.165) is 25.1 Å². The minimum absolute atomic E-state index is 0.157. The van der Waals surface area contributed by atoms with Crippen LogP contribution < -0.4 is 5.32 Å². The Balaban J connectivity index is 2.36. The predicted molar refractivity (Wildman–Crippen MR) is 70.0 cm³/mol. The lowest BCUT2D eigenvalue weighted by atomic mass is 9.75. The SMILES string of the molecule is CC(C)C1CNCCC1c1c(F)cccc1Cl. The molecular formula is C14H19ClFN. The third-order valence-electron chi connectivity index (χ3n) is 3.76. The molecule has 1 aromatic carbocycles. The van der Waals surface area contributed by atoms with Crippen molar-refractivity contribution in [2.75, 3.05) is 13.1 Å².